The predicted molar refractivity (Wildman–Crippen MR) is 85.1 cm³/mol. The van der Waals surface area contributed by atoms with Crippen LogP contribution in [0, 0.1) is 13.8 Å². The molecule has 0 saturated heterocycles. The zero-order valence-electron chi connectivity index (χ0n) is 12.9. The van der Waals surface area contributed by atoms with Gasteiger partial charge in [-0.15, -0.1) is 0 Å². The first-order valence-corrected chi connectivity index (χ1v) is 7.37. The van der Waals surface area contributed by atoms with Crippen LogP contribution >= 0.6 is 0 Å². The van der Waals surface area contributed by atoms with Gasteiger partial charge in [-0.2, -0.15) is 0 Å². The topological polar surface area (TPSA) is 20.2 Å². The van der Waals surface area contributed by atoms with E-state index in [1.807, 2.05) is 12.1 Å². The van der Waals surface area contributed by atoms with Crippen LogP contribution in [0.25, 0.3) is 0 Å². The first-order chi connectivity index (χ1) is 9.51. The zero-order chi connectivity index (χ0) is 14.7. The van der Waals surface area contributed by atoms with E-state index < -0.39 is 6.10 Å². The van der Waals surface area contributed by atoms with Crippen LogP contribution in [0.15, 0.2) is 42.5 Å². The van der Waals surface area contributed by atoms with Gasteiger partial charge in [-0.25, -0.2) is 0 Å². The van der Waals surface area contributed by atoms with Crippen molar-refractivity contribution in [3.05, 3.63) is 70.3 Å². The molecule has 2 unspecified atom stereocenters. The van der Waals surface area contributed by atoms with Crippen molar-refractivity contribution in [2.75, 3.05) is 0 Å². The second kappa shape index (κ2) is 6.23. The number of benzene rings is 2. The summed E-state index contributed by atoms with van der Waals surface area (Å²) in [5.74, 6) is 0.572. The van der Waals surface area contributed by atoms with Crippen LogP contribution in [-0.2, 0) is 0 Å². The zero-order valence-corrected chi connectivity index (χ0v) is 12.9. The van der Waals surface area contributed by atoms with Crippen LogP contribution in [0.2, 0.25) is 0 Å². The van der Waals surface area contributed by atoms with Gasteiger partial charge in [-0.3, -0.25) is 0 Å². The molecule has 1 nitrogen and oxygen atoms in total. The summed E-state index contributed by atoms with van der Waals surface area (Å²) in [6.07, 6.45) is 0.596. The Morgan fingerprint density at radius 2 is 1.35 bits per heavy atom. The molecular weight excluding hydrogens is 244 g/mol. The molecule has 1 heteroatoms. The molecule has 0 bridgehead atoms. The van der Waals surface area contributed by atoms with E-state index in [4.69, 9.17) is 0 Å². The van der Waals surface area contributed by atoms with Gasteiger partial charge < -0.3 is 5.11 Å². The van der Waals surface area contributed by atoms with Crippen molar-refractivity contribution in [1.82, 2.24) is 0 Å². The van der Waals surface area contributed by atoms with E-state index in [1.54, 1.807) is 0 Å². The highest BCUT2D eigenvalue weighted by atomic mass is 16.3. The van der Waals surface area contributed by atoms with Crippen molar-refractivity contribution in [2.24, 2.45) is 0 Å². The lowest BCUT2D eigenvalue weighted by Gasteiger charge is -2.15. The third-order valence-corrected chi connectivity index (χ3v) is 3.99. The van der Waals surface area contributed by atoms with Crippen LogP contribution < -0.4 is 0 Å². The van der Waals surface area contributed by atoms with Crippen molar-refractivity contribution in [1.29, 1.82) is 0 Å². The molecule has 0 saturated carbocycles. The Kier molecular flexibility index (Phi) is 4.61. The number of rotatable bonds is 4. The molecule has 2 aromatic carbocycles. The molecule has 0 aliphatic heterocycles. The lowest BCUT2D eigenvalue weighted by Crippen LogP contribution is -2.01. The SMILES string of the molecule is CCC(C)c1ccc(C(O)c2cc(C)cc(C)c2)cc1. The summed E-state index contributed by atoms with van der Waals surface area (Å²) in [5, 5.41) is 10.5. The van der Waals surface area contributed by atoms with Gasteiger partial charge in [0.25, 0.3) is 0 Å². The van der Waals surface area contributed by atoms with Gasteiger partial charge in [0.1, 0.15) is 6.10 Å². The van der Waals surface area contributed by atoms with Crippen LogP contribution in [0.4, 0.5) is 0 Å². The highest BCUT2D eigenvalue weighted by molar-refractivity contribution is 5.36. The highest BCUT2D eigenvalue weighted by Gasteiger charge is 2.12. The first kappa shape index (κ1) is 14.8. The minimum atomic E-state index is -0.542. The first-order valence-electron chi connectivity index (χ1n) is 7.37. The summed E-state index contributed by atoms with van der Waals surface area (Å²) in [5.41, 5.74) is 5.65. The minimum absolute atomic E-state index is 0.542. The molecule has 0 radical (unpaired) electrons. The van der Waals surface area contributed by atoms with Gasteiger partial charge in [0.05, 0.1) is 0 Å². The van der Waals surface area contributed by atoms with Gasteiger partial charge in [0.15, 0.2) is 0 Å². The summed E-state index contributed by atoms with van der Waals surface area (Å²) in [4.78, 5) is 0. The quantitative estimate of drug-likeness (QED) is 0.836. The molecule has 0 aliphatic carbocycles. The lowest BCUT2D eigenvalue weighted by molar-refractivity contribution is 0.220. The average Bonchev–Trinajstić information content (AvgIpc) is 2.45. The van der Waals surface area contributed by atoms with Gasteiger partial charge in [-0.1, -0.05) is 67.4 Å². The average molecular weight is 268 g/mol. The summed E-state index contributed by atoms with van der Waals surface area (Å²) < 4.78 is 0. The Labute approximate surface area is 122 Å². The lowest BCUT2D eigenvalue weighted by atomic mass is 9.94. The molecule has 0 aliphatic rings. The van der Waals surface area contributed by atoms with E-state index in [0.717, 1.165) is 17.5 Å². The van der Waals surface area contributed by atoms with Gasteiger partial charge >= 0.3 is 0 Å². The fourth-order valence-corrected chi connectivity index (χ4v) is 2.60. The maximum atomic E-state index is 10.5. The Balaban J connectivity index is 2.26. The third-order valence-electron chi connectivity index (χ3n) is 3.99. The smallest absolute Gasteiger partial charge is 0.104 e. The summed E-state index contributed by atoms with van der Waals surface area (Å²) in [6.45, 7) is 8.56. The molecule has 2 atom stereocenters. The molecule has 106 valence electrons. The second-order valence-electron chi connectivity index (χ2n) is 5.80. The van der Waals surface area contributed by atoms with Crippen LogP contribution in [-0.4, -0.2) is 5.11 Å². The highest BCUT2D eigenvalue weighted by Crippen LogP contribution is 2.26. The monoisotopic (exact) mass is 268 g/mol. The summed E-state index contributed by atoms with van der Waals surface area (Å²) >= 11 is 0. The molecular formula is C19H24O. The number of aryl methyl sites for hydroxylation is 2. The molecule has 0 aromatic heterocycles. The predicted octanol–water partition coefficient (Wildman–Crippen LogP) is 4.90. The molecule has 20 heavy (non-hydrogen) atoms. The van der Waals surface area contributed by atoms with Crippen LogP contribution in [0.3, 0.4) is 0 Å². The summed E-state index contributed by atoms with van der Waals surface area (Å²) in [7, 11) is 0. The molecule has 2 rings (SSSR count). The Bertz CT molecular complexity index is 549. The maximum Gasteiger partial charge on any atom is 0.104 e. The minimum Gasteiger partial charge on any atom is -0.384 e. The largest absolute Gasteiger partial charge is 0.384 e. The summed E-state index contributed by atoms with van der Waals surface area (Å²) in [6, 6.07) is 14.6. The molecule has 0 fully saturated rings. The van der Waals surface area contributed by atoms with E-state index in [-0.39, 0.29) is 0 Å². The third kappa shape index (κ3) is 3.29. The fraction of sp³-hybridized carbons (Fsp3) is 0.368. The van der Waals surface area contributed by atoms with E-state index in [0.29, 0.717) is 5.92 Å². The fourth-order valence-electron chi connectivity index (χ4n) is 2.60. The van der Waals surface area contributed by atoms with Gasteiger partial charge in [0.2, 0.25) is 0 Å². The maximum absolute atomic E-state index is 10.5. The van der Waals surface area contributed by atoms with Crippen molar-refractivity contribution in [3.63, 3.8) is 0 Å². The van der Waals surface area contributed by atoms with Crippen molar-refractivity contribution in [2.45, 2.75) is 46.1 Å². The van der Waals surface area contributed by atoms with Crippen molar-refractivity contribution < 1.29 is 5.11 Å². The van der Waals surface area contributed by atoms with Gasteiger partial charge in [-0.05, 0) is 42.9 Å². The Hall–Kier alpha value is -1.60. The second-order valence-corrected chi connectivity index (χ2v) is 5.80. The molecule has 1 N–H and O–H groups in total. The normalized spacial score (nSPS) is 14.1. The van der Waals surface area contributed by atoms with Crippen molar-refractivity contribution >= 4 is 0 Å². The number of aliphatic hydroxyl groups excluding tert-OH is 1. The molecule has 0 spiro atoms. The number of hydrogen-bond donors (Lipinski definition) is 1. The number of aliphatic hydroxyl groups is 1. The molecule has 2 aromatic rings. The van der Waals surface area contributed by atoms with Crippen molar-refractivity contribution in [3.8, 4) is 0 Å². The van der Waals surface area contributed by atoms with Crippen LogP contribution in [0.1, 0.15) is 60.1 Å². The standard InChI is InChI=1S/C19H24O/c1-5-15(4)16-6-8-17(9-7-16)19(20)18-11-13(2)10-14(3)12-18/h6-12,15,19-20H,5H2,1-4H3. The van der Waals surface area contributed by atoms with Crippen LogP contribution in [0.5, 0.6) is 0 Å². The van der Waals surface area contributed by atoms with Gasteiger partial charge in [0, 0.05) is 0 Å². The molecule has 0 amide bonds. The van der Waals surface area contributed by atoms with E-state index in [2.05, 4.69) is 58.0 Å². The van der Waals surface area contributed by atoms with E-state index in [1.165, 1.54) is 16.7 Å². The van der Waals surface area contributed by atoms with E-state index in [9.17, 15) is 5.11 Å². The van der Waals surface area contributed by atoms with E-state index >= 15 is 0 Å². The number of hydrogen-bond acceptors (Lipinski definition) is 1. The Morgan fingerprint density at radius 1 is 0.850 bits per heavy atom. The molecule has 0 heterocycles. The Morgan fingerprint density at radius 3 is 1.85 bits per heavy atom.